The molecule has 0 atom stereocenters. The summed E-state index contributed by atoms with van der Waals surface area (Å²) >= 11 is 8.50. The van der Waals surface area contributed by atoms with E-state index in [4.69, 9.17) is 11.6 Å². The fraction of sp³-hybridized carbons (Fsp3) is 0.286. The minimum atomic E-state index is 0.488. The van der Waals surface area contributed by atoms with Gasteiger partial charge < -0.3 is 0 Å². The van der Waals surface area contributed by atoms with E-state index in [2.05, 4.69) is 14.3 Å². The molecule has 2 rings (SSSR count). The Bertz CT molecular complexity index is 371. The fourth-order valence-corrected chi connectivity index (χ4v) is 2.20. The number of rotatable bonds is 2. The average molecular weight is 232 g/mol. The molecule has 0 spiro atoms. The topological polar surface area (TPSA) is 38.7 Å². The van der Waals surface area contributed by atoms with E-state index >= 15 is 0 Å². The number of hydrogen-bond acceptors (Lipinski definition) is 5. The molecule has 0 saturated carbocycles. The number of hydrogen-bond donors (Lipinski definition) is 0. The molecule has 0 N–H and O–H groups in total. The van der Waals surface area contributed by atoms with Gasteiger partial charge in [0.05, 0.1) is 17.1 Å². The van der Waals surface area contributed by atoms with Crippen molar-refractivity contribution in [3.05, 3.63) is 26.4 Å². The molecule has 0 saturated heterocycles. The van der Waals surface area contributed by atoms with Crippen molar-refractivity contribution in [2.45, 2.75) is 13.3 Å². The first-order valence-electron chi connectivity index (χ1n) is 3.63. The van der Waals surface area contributed by atoms with Crippen LogP contribution in [-0.4, -0.2) is 14.3 Å². The second kappa shape index (κ2) is 3.69. The third-order valence-electron chi connectivity index (χ3n) is 1.45. The van der Waals surface area contributed by atoms with E-state index < -0.39 is 0 Å². The van der Waals surface area contributed by atoms with Crippen LogP contribution in [0.5, 0.6) is 0 Å². The second-order valence-electron chi connectivity index (χ2n) is 2.50. The molecule has 0 aromatic carbocycles. The number of aryl methyl sites for hydroxylation is 1. The molecule has 0 fully saturated rings. The van der Waals surface area contributed by atoms with Crippen LogP contribution in [0.1, 0.15) is 16.5 Å². The van der Waals surface area contributed by atoms with Crippen molar-refractivity contribution in [3.63, 3.8) is 0 Å². The molecular weight excluding hydrogens is 226 g/mol. The van der Waals surface area contributed by atoms with Crippen LogP contribution in [0, 0.1) is 6.92 Å². The van der Waals surface area contributed by atoms with Crippen LogP contribution in [0.3, 0.4) is 0 Å². The number of halogens is 1. The Labute approximate surface area is 88.6 Å². The summed E-state index contributed by atoms with van der Waals surface area (Å²) in [5.41, 5.74) is 1.01. The molecule has 2 heterocycles. The van der Waals surface area contributed by atoms with Crippen molar-refractivity contribution in [1.29, 1.82) is 0 Å². The van der Waals surface area contributed by atoms with Gasteiger partial charge in [0.25, 0.3) is 0 Å². The summed E-state index contributed by atoms with van der Waals surface area (Å²) in [6.07, 6.45) is 0.674. The highest BCUT2D eigenvalue weighted by atomic mass is 35.5. The highest BCUT2D eigenvalue weighted by Gasteiger charge is 2.05. The van der Waals surface area contributed by atoms with Gasteiger partial charge in [0.15, 0.2) is 0 Å². The Morgan fingerprint density at radius 1 is 1.46 bits per heavy atom. The Kier molecular flexibility index (Phi) is 2.57. The molecule has 0 aliphatic rings. The Morgan fingerprint density at radius 3 is 2.85 bits per heavy atom. The van der Waals surface area contributed by atoms with Crippen LogP contribution in [0.25, 0.3) is 0 Å². The van der Waals surface area contributed by atoms with Crippen molar-refractivity contribution in [3.8, 4) is 0 Å². The second-order valence-corrected chi connectivity index (χ2v) is 4.89. The summed E-state index contributed by atoms with van der Waals surface area (Å²) in [7, 11) is 0. The zero-order chi connectivity index (χ0) is 9.26. The van der Waals surface area contributed by atoms with E-state index in [-0.39, 0.29) is 0 Å². The first kappa shape index (κ1) is 9.05. The van der Waals surface area contributed by atoms with E-state index in [9.17, 15) is 0 Å². The number of nitrogens with zero attached hydrogens (tertiary/aromatic N) is 3. The monoisotopic (exact) mass is 231 g/mol. The lowest BCUT2D eigenvalue weighted by atomic mass is 10.3. The quantitative estimate of drug-likeness (QED) is 0.798. The van der Waals surface area contributed by atoms with Gasteiger partial charge in [0.1, 0.15) is 5.82 Å². The van der Waals surface area contributed by atoms with Crippen molar-refractivity contribution >= 4 is 34.5 Å². The molecular formula is C7H6ClN3S2. The maximum absolute atomic E-state index is 5.66. The van der Waals surface area contributed by atoms with Gasteiger partial charge in [-0.2, -0.15) is 4.37 Å². The molecule has 0 aliphatic heterocycles. The molecule has 0 radical (unpaired) electrons. The maximum atomic E-state index is 5.66. The molecule has 0 bridgehead atoms. The zero-order valence-electron chi connectivity index (χ0n) is 6.82. The van der Waals surface area contributed by atoms with E-state index in [1.807, 2.05) is 12.3 Å². The van der Waals surface area contributed by atoms with E-state index in [1.54, 1.807) is 11.3 Å². The van der Waals surface area contributed by atoms with Gasteiger partial charge in [0.2, 0.25) is 4.47 Å². The summed E-state index contributed by atoms with van der Waals surface area (Å²) in [6.45, 7) is 1.98. The zero-order valence-corrected chi connectivity index (χ0v) is 9.21. The summed E-state index contributed by atoms with van der Waals surface area (Å²) in [6, 6.07) is 0. The van der Waals surface area contributed by atoms with Gasteiger partial charge in [-0.25, -0.2) is 9.97 Å². The molecule has 0 unspecified atom stereocenters. The SMILES string of the molecule is Cc1nc(Cc2nsc(Cl)n2)cs1. The summed E-state index contributed by atoms with van der Waals surface area (Å²) < 4.78 is 4.57. The summed E-state index contributed by atoms with van der Waals surface area (Å²) in [5, 5.41) is 3.08. The largest absolute Gasteiger partial charge is 0.246 e. The minimum absolute atomic E-state index is 0.488. The Balaban J connectivity index is 2.14. The third kappa shape index (κ3) is 2.24. The maximum Gasteiger partial charge on any atom is 0.203 e. The molecule has 0 amide bonds. The highest BCUT2D eigenvalue weighted by molar-refractivity contribution is 7.10. The predicted molar refractivity (Wildman–Crippen MR) is 54.6 cm³/mol. The van der Waals surface area contributed by atoms with Crippen molar-refractivity contribution in [2.24, 2.45) is 0 Å². The molecule has 13 heavy (non-hydrogen) atoms. The van der Waals surface area contributed by atoms with Crippen molar-refractivity contribution in [2.75, 3.05) is 0 Å². The molecule has 0 aliphatic carbocycles. The molecule has 68 valence electrons. The van der Waals surface area contributed by atoms with Gasteiger partial charge in [-0.1, -0.05) is 0 Å². The predicted octanol–water partition coefficient (Wildman–Crippen LogP) is 2.55. The van der Waals surface area contributed by atoms with Gasteiger partial charge in [-0.3, -0.25) is 0 Å². The van der Waals surface area contributed by atoms with Crippen LogP contribution in [0.4, 0.5) is 0 Å². The first-order valence-corrected chi connectivity index (χ1v) is 5.66. The van der Waals surface area contributed by atoms with E-state index in [0.29, 0.717) is 10.9 Å². The number of aromatic nitrogens is 3. The van der Waals surface area contributed by atoms with Gasteiger partial charge in [-0.05, 0) is 30.1 Å². The van der Waals surface area contributed by atoms with Gasteiger partial charge in [0, 0.05) is 5.38 Å². The van der Waals surface area contributed by atoms with Crippen molar-refractivity contribution < 1.29 is 0 Å². The lowest BCUT2D eigenvalue weighted by molar-refractivity contribution is 0.991. The van der Waals surface area contributed by atoms with Crippen LogP contribution in [0.2, 0.25) is 4.47 Å². The normalized spacial score (nSPS) is 10.6. The first-order chi connectivity index (χ1) is 6.24. The highest BCUT2D eigenvalue weighted by Crippen LogP contribution is 2.15. The van der Waals surface area contributed by atoms with E-state index in [0.717, 1.165) is 16.5 Å². The average Bonchev–Trinajstić information content (AvgIpc) is 2.62. The van der Waals surface area contributed by atoms with Crippen LogP contribution < -0.4 is 0 Å². The molecule has 2 aromatic heterocycles. The van der Waals surface area contributed by atoms with Crippen LogP contribution >= 0.6 is 34.5 Å². The summed E-state index contributed by atoms with van der Waals surface area (Å²) in [5.74, 6) is 0.750. The Hall–Kier alpha value is -0.520. The van der Waals surface area contributed by atoms with Crippen molar-refractivity contribution in [1.82, 2.24) is 14.3 Å². The number of thiazole rings is 1. The minimum Gasteiger partial charge on any atom is -0.246 e. The Morgan fingerprint density at radius 2 is 2.31 bits per heavy atom. The molecule has 2 aromatic rings. The van der Waals surface area contributed by atoms with Gasteiger partial charge in [-0.15, -0.1) is 11.3 Å². The third-order valence-corrected chi connectivity index (χ3v) is 3.11. The van der Waals surface area contributed by atoms with E-state index in [1.165, 1.54) is 11.5 Å². The molecule has 3 nitrogen and oxygen atoms in total. The van der Waals surface area contributed by atoms with Crippen LogP contribution in [0.15, 0.2) is 5.38 Å². The fourth-order valence-electron chi connectivity index (χ4n) is 0.956. The summed E-state index contributed by atoms with van der Waals surface area (Å²) in [4.78, 5) is 8.37. The molecule has 6 heteroatoms. The van der Waals surface area contributed by atoms with Crippen LogP contribution in [-0.2, 0) is 6.42 Å². The lowest BCUT2D eigenvalue weighted by Gasteiger charge is -1.87. The van der Waals surface area contributed by atoms with Gasteiger partial charge >= 0.3 is 0 Å². The smallest absolute Gasteiger partial charge is 0.203 e. The standard InChI is InChI=1S/C7H6ClN3S2/c1-4-9-5(3-12-4)2-6-10-7(8)13-11-6/h3H,2H2,1H3. The lowest BCUT2D eigenvalue weighted by Crippen LogP contribution is -1.90.